The van der Waals surface area contributed by atoms with Crippen LogP contribution in [0.3, 0.4) is 0 Å². The Morgan fingerprint density at radius 1 is 1.12 bits per heavy atom. The monoisotopic (exact) mass is 270 g/mol. The van der Waals surface area contributed by atoms with Crippen LogP contribution in [-0.2, 0) is 18.5 Å². The molecule has 16 heavy (non-hydrogen) atoms. The first-order valence-corrected chi connectivity index (χ1v) is 8.17. The van der Waals surface area contributed by atoms with Gasteiger partial charge >= 0.3 is 0 Å². The Morgan fingerprint density at radius 3 is 2.44 bits per heavy atom. The Balaban J connectivity index is 1.84. The van der Waals surface area contributed by atoms with Crippen molar-refractivity contribution in [2.24, 2.45) is 0 Å². The second-order valence-electron chi connectivity index (χ2n) is 3.99. The van der Waals surface area contributed by atoms with E-state index in [9.17, 15) is 8.42 Å². The normalized spacial score (nSPS) is 18.1. The van der Waals surface area contributed by atoms with Crippen molar-refractivity contribution in [2.75, 3.05) is 25.6 Å². The highest BCUT2D eigenvalue weighted by atomic mass is 35.7. The average molecular weight is 271 g/mol. The molecule has 0 saturated heterocycles. The van der Waals surface area contributed by atoms with Gasteiger partial charge in [0, 0.05) is 17.3 Å². The largest absolute Gasteiger partial charge is 0.379 e. The highest BCUT2D eigenvalue weighted by molar-refractivity contribution is 8.13. The number of halogens is 1. The second kappa shape index (κ2) is 7.48. The Bertz CT molecular complexity index is 273. The maximum absolute atomic E-state index is 10.6. The minimum absolute atomic E-state index is 0.0297. The number of rotatable bonds is 8. The first-order chi connectivity index (χ1) is 7.58. The summed E-state index contributed by atoms with van der Waals surface area (Å²) in [6, 6.07) is 0. The predicted molar refractivity (Wildman–Crippen MR) is 63.3 cm³/mol. The summed E-state index contributed by atoms with van der Waals surface area (Å²) in [4.78, 5) is 0. The SMILES string of the molecule is O=S(=O)(Cl)CCCOCCOC1CCCC1. The summed E-state index contributed by atoms with van der Waals surface area (Å²) in [5, 5.41) is 0. The Kier molecular flexibility index (Phi) is 6.65. The second-order valence-corrected chi connectivity index (χ2v) is 6.88. The molecule has 0 spiro atoms. The van der Waals surface area contributed by atoms with Crippen LogP contribution in [-0.4, -0.2) is 40.1 Å². The van der Waals surface area contributed by atoms with Crippen LogP contribution in [0.4, 0.5) is 0 Å². The standard InChI is InChI=1S/C10H19ClO4S/c11-16(12,13)9-3-6-14-7-8-15-10-4-1-2-5-10/h10H,1-9H2. The van der Waals surface area contributed by atoms with Crippen molar-refractivity contribution in [1.29, 1.82) is 0 Å². The summed E-state index contributed by atoms with van der Waals surface area (Å²) in [5.74, 6) is -0.0297. The summed E-state index contributed by atoms with van der Waals surface area (Å²) < 4.78 is 32.0. The van der Waals surface area contributed by atoms with E-state index in [0.717, 1.165) is 12.8 Å². The van der Waals surface area contributed by atoms with Gasteiger partial charge in [-0.05, 0) is 19.3 Å². The van der Waals surface area contributed by atoms with E-state index in [0.29, 0.717) is 32.3 Å². The van der Waals surface area contributed by atoms with Gasteiger partial charge in [-0.2, -0.15) is 0 Å². The maximum atomic E-state index is 10.6. The highest BCUT2D eigenvalue weighted by Gasteiger charge is 2.14. The van der Waals surface area contributed by atoms with Crippen molar-refractivity contribution in [3.63, 3.8) is 0 Å². The minimum atomic E-state index is -3.37. The molecule has 0 bridgehead atoms. The third-order valence-electron chi connectivity index (χ3n) is 2.56. The van der Waals surface area contributed by atoms with Gasteiger partial charge in [0.25, 0.3) is 0 Å². The van der Waals surface area contributed by atoms with Crippen molar-refractivity contribution >= 4 is 19.7 Å². The minimum Gasteiger partial charge on any atom is -0.379 e. The van der Waals surface area contributed by atoms with E-state index in [1.54, 1.807) is 0 Å². The molecule has 96 valence electrons. The summed E-state index contributed by atoms with van der Waals surface area (Å²) in [5.41, 5.74) is 0. The molecule has 0 atom stereocenters. The molecule has 0 aliphatic heterocycles. The molecule has 1 saturated carbocycles. The van der Waals surface area contributed by atoms with Crippen molar-refractivity contribution < 1.29 is 17.9 Å². The molecular weight excluding hydrogens is 252 g/mol. The molecule has 1 aliphatic carbocycles. The molecule has 0 aromatic rings. The van der Waals surface area contributed by atoms with Crippen molar-refractivity contribution in [2.45, 2.75) is 38.2 Å². The van der Waals surface area contributed by atoms with Gasteiger partial charge in [0.1, 0.15) is 0 Å². The lowest BCUT2D eigenvalue weighted by Gasteiger charge is -2.10. The van der Waals surface area contributed by atoms with Gasteiger partial charge in [-0.1, -0.05) is 12.8 Å². The van der Waals surface area contributed by atoms with Crippen LogP contribution >= 0.6 is 10.7 Å². The quantitative estimate of drug-likeness (QED) is 0.499. The first-order valence-electron chi connectivity index (χ1n) is 5.69. The zero-order valence-corrected chi connectivity index (χ0v) is 10.9. The van der Waals surface area contributed by atoms with Gasteiger partial charge < -0.3 is 9.47 Å². The molecule has 1 rings (SSSR count). The lowest BCUT2D eigenvalue weighted by Crippen LogP contribution is -2.13. The lowest BCUT2D eigenvalue weighted by molar-refractivity contribution is 0.00822. The Labute approximate surface area is 102 Å². The van der Waals surface area contributed by atoms with Gasteiger partial charge in [0.2, 0.25) is 9.05 Å². The highest BCUT2D eigenvalue weighted by Crippen LogP contribution is 2.20. The van der Waals surface area contributed by atoms with Crippen LogP contribution < -0.4 is 0 Å². The van der Waals surface area contributed by atoms with Crippen LogP contribution in [0.1, 0.15) is 32.1 Å². The molecule has 0 heterocycles. The van der Waals surface area contributed by atoms with Crippen molar-refractivity contribution in [3.05, 3.63) is 0 Å². The fraction of sp³-hybridized carbons (Fsp3) is 1.00. The van der Waals surface area contributed by atoms with E-state index >= 15 is 0 Å². The van der Waals surface area contributed by atoms with Gasteiger partial charge in [-0.25, -0.2) is 8.42 Å². The average Bonchev–Trinajstić information content (AvgIpc) is 2.67. The predicted octanol–water partition coefficient (Wildman–Crippen LogP) is 1.92. The van der Waals surface area contributed by atoms with Crippen LogP contribution in [0.5, 0.6) is 0 Å². The zero-order chi connectivity index (χ0) is 11.9. The van der Waals surface area contributed by atoms with Gasteiger partial charge in [0.15, 0.2) is 0 Å². The smallest absolute Gasteiger partial charge is 0.232 e. The fourth-order valence-corrected chi connectivity index (χ4v) is 2.55. The van der Waals surface area contributed by atoms with Gasteiger partial charge in [-0.3, -0.25) is 0 Å². The van der Waals surface area contributed by atoms with Crippen molar-refractivity contribution in [3.8, 4) is 0 Å². The van der Waals surface area contributed by atoms with E-state index in [1.807, 2.05) is 0 Å². The van der Waals surface area contributed by atoms with Gasteiger partial charge in [-0.15, -0.1) is 0 Å². The molecule has 4 nitrogen and oxygen atoms in total. The first kappa shape index (κ1) is 14.2. The molecule has 0 radical (unpaired) electrons. The zero-order valence-electron chi connectivity index (χ0n) is 9.36. The van der Waals surface area contributed by atoms with E-state index in [2.05, 4.69) is 0 Å². The number of ether oxygens (including phenoxy) is 2. The van der Waals surface area contributed by atoms with Crippen LogP contribution in [0, 0.1) is 0 Å². The molecule has 1 fully saturated rings. The molecule has 1 aliphatic rings. The Hall–Kier alpha value is 0.160. The number of hydrogen-bond donors (Lipinski definition) is 0. The fourth-order valence-electron chi connectivity index (χ4n) is 1.76. The van der Waals surface area contributed by atoms with Gasteiger partial charge in [0.05, 0.1) is 25.1 Å². The molecule has 0 aromatic heterocycles. The Morgan fingerprint density at radius 2 is 1.81 bits per heavy atom. The van der Waals surface area contributed by atoms with E-state index in [-0.39, 0.29) is 5.75 Å². The number of hydrogen-bond acceptors (Lipinski definition) is 4. The summed E-state index contributed by atoms with van der Waals surface area (Å²) in [6.45, 7) is 1.54. The molecule has 6 heteroatoms. The maximum Gasteiger partial charge on any atom is 0.232 e. The molecule has 0 amide bonds. The van der Waals surface area contributed by atoms with Crippen LogP contribution in [0.2, 0.25) is 0 Å². The summed E-state index contributed by atoms with van der Waals surface area (Å²) in [6.07, 6.45) is 5.69. The van der Waals surface area contributed by atoms with Crippen LogP contribution in [0.25, 0.3) is 0 Å². The molecule has 0 aromatic carbocycles. The summed E-state index contributed by atoms with van der Waals surface area (Å²) in [7, 11) is 1.68. The molecule has 0 unspecified atom stereocenters. The van der Waals surface area contributed by atoms with Crippen molar-refractivity contribution in [1.82, 2.24) is 0 Å². The topological polar surface area (TPSA) is 52.6 Å². The lowest BCUT2D eigenvalue weighted by atomic mass is 10.3. The van der Waals surface area contributed by atoms with E-state index in [4.69, 9.17) is 20.2 Å². The van der Waals surface area contributed by atoms with Crippen LogP contribution in [0.15, 0.2) is 0 Å². The molecular formula is C10H19ClO4S. The third-order valence-corrected chi connectivity index (χ3v) is 3.80. The van der Waals surface area contributed by atoms with E-state index in [1.165, 1.54) is 12.8 Å². The summed E-state index contributed by atoms with van der Waals surface area (Å²) >= 11 is 0. The molecule has 0 N–H and O–H groups in total. The van der Waals surface area contributed by atoms with E-state index < -0.39 is 9.05 Å². The third kappa shape index (κ3) is 7.44.